The Hall–Kier alpha value is -2.61. The van der Waals surface area contributed by atoms with E-state index in [4.69, 9.17) is 5.73 Å². The van der Waals surface area contributed by atoms with Crippen LogP contribution in [0.3, 0.4) is 0 Å². The maximum atomic E-state index is 12.4. The second kappa shape index (κ2) is 9.19. The number of nitrogens with two attached hydrogens (primary N) is 1. The zero-order chi connectivity index (χ0) is 17.6. The van der Waals surface area contributed by atoms with E-state index in [1.807, 2.05) is 4.90 Å². The summed E-state index contributed by atoms with van der Waals surface area (Å²) < 4.78 is 1.44. The topological polar surface area (TPSA) is 106 Å². The third-order valence-corrected chi connectivity index (χ3v) is 4.22. The molecule has 1 aliphatic rings. The summed E-state index contributed by atoms with van der Waals surface area (Å²) in [6, 6.07) is 6.77. The number of hydrogen-bond acceptors (Lipinski definition) is 5. The summed E-state index contributed by atoms with van der Waals surface area (Å²) in [6.07, 6.45) is 5.88. The average Bonchev–Trinajstić information content (AvgIpc) is 2.86. The van der Waals surface area contributed by atoms with E-state index in [0.29, 0.717) is 11.3 Å². The minimum atomic E-state index is -0.380. The van der Waals surface area contributed by atoms with Crippen LogP contribution in [0.1, 0.15) is 36.0 Å². The number of amides is 2. The van der Waals surface area contributed by atoms with Crippen LogP contribution < -0.4 is 11.1 Å². The standard InChI is InChI=1S/C17H22N6O2.ClH/c18-14-8-4-3-7-13(14)16(25)20-17-19-12-23(21-17)11-15(24)22-9-5-1-2-6-10-22;/h3-4,7-8,12H,1-2,5-6,9-11,18H2,(H,20,21,25);1H. The summed E-state index contributed by atoms with van der Waals surface area (Å²) in [5.41, 5.74) is 6.53. The minimum Gasteiger partial charge on any atom is -0.398 e. The molecule has 8 nitrogen and oxygen atoms in total. The molecule has 0 radical (unpaired) electrons. The molecule has 1 aromatic heterocycles. The van der Waals surface area contributed by atoms with E-state index in [0.717, 1.165) is 25.9 Å². The maximum Gasteiger partial charge on any atom is 0.260 e. The molecule has 2 amide bonds. The van der Waals surface area contributed by atoms with Crippen LogP contribution in [-0.2, 0) is 11.3 Å². The lowest BCUT2D eigenvalue weighted by atomic mass is 10.2. The van der Waals surface area contributed by atoms with Crippen LogP contribution in [0.4, 0.5) is 11.6 Å². The first-order valence-electron chi connectivity index (χ1n) is 8.46. The second-order valence-electron chi connectivity index (χ2n) is 6.10. The molecule has 26 heavy (non-hydrogen) atoms. The van der Waals surface area contributed by atoms with Crippen LogP contribution in [0.15, 0.2) is 30.6 Å². The summed E-state index contributed by atoms with van der Waals surface area (Å²) >= 11 is 0. The van der Waals surface area contributed by atoms with Crippen molar-refractivity contribution < 1.29 is 9.59 Å². The van der Waals surface area contributed by atoms with E-state index in [1.54, 1.807) is 24.3 Å². The number of nitrogens with zero attached hydrogens (tertiary/aromatic N) is 4. The lowest BCUT2D eigenvalue weighted by molar-refractivity contribution is -0.132. The Morgan fingerprint density at radius 1 is 1.12 bits per heavy atom. The fraction of sp³-hybridized carbons (Fsp3) is 0.412. The first kappa shape index (κ1) is 19.7. The first-order valence-corrected chi connectivity index (χ1v) is 8.46. The van der Waals surface area contributed by atoms with Gasteiger partial charge in [0.1, 0.15) is 12.9 Å². The van der Waals surface area contributed by atoms with Crippen LogP contribution in [-0.4, -0.2) is 44.6 Å². The highest BCUT2D eigenvalue weighted by Gasteiger charge is 2.17. The number of nitrogens with one attached hydrogen (secondary N) is 1. The fourth-order valence-corrected chi connectivity index (χ4v) is 2.86. The molecule has 1 aliphatic heterocycles. The molecule has 2 aromatic rings. The number of para-hydroxylation sites is 1. The Bertz CT molecular complexity index is 755. The van der Waals surface area contributed by atoms with Gasteiger partial charge in [0.25, 0.3) is 5.91 Å². The van der Waals surface area contributed by atoms with E-state index in [1.165, 1.54) is 23.9 Å². The number of aromatic nitrogens is 3. The Kier molecular flexibility index (Phi) is 6.97. The van der Waals surface area contributed by atoms with Gasteiger partial charge >= 0.3 is 0 Å². The van der Waals surface area contributed by atoms with Crippen molar-refractivity contribution in [1.29, 1.82) is 0 Å². The van der Waals surface area contributed by atoms with Crippen molar-refractivity contribution in [2.24, 2.45) is 0 Å². The largest absolute Gasteiger partial charge is 0.398 e. The SMILES string of the molecule is Cl.Nc1ccccc1C(=O)Nc1ncn(CC(=O)N2CCCCCC2)n1. The number of carbonyl (C=O) groups excluding carboxylic acids is 2. The second-order valence-corrected chi connectivity index (χ2v) is 6.10. The lowest BCUT2D eigenvalue weighted by Crippen LogP contribution is -2.34. The van der Waals surface area contributed by atoms with Gasteiger partial charge in [-0.25, -0.2) is 9.67 Å². The van der Waals surface area contributed by atoms with Crippen molar-refractivity contribution in [3.8, 4) is 0 Å². The van der Waals surface area contributed by atoms with Crippen LogP contribution in [0.2, 0.25) is 0 Å². The molecule has 0 saturated carbocycles. The van der Waals surface area contributed by atoms with E-state index < -0.39 is 0 Å². The van der Waals surface area contributed by atoms with Crippen molar-refractivity contribution >= 4 is 35.9 Å². The molecule has 1 saturated heterocycles. The van der Waals surface area contributed by atoms with E-state index in [-0.39, 0.29) is 36.7 Å². The Morgan fingerprint density at radius 2 is 1.81 bits per heavy atom. The van der Waals surface area contributed by atoms with Crippen LogP contribution in [0, 0.1) is 0 Å². The molecule has 0 bridgehead atoms. The third-order valence-electron chi connectivity index (χ3n) is 4.22. The van der Waals surface area contributed by atoms with Gasteiger partial charge in [-0.3, -0.25) is 14.9 Å². The van der Waals surface area contributed by atoms with Crippen molar-refractivity contribution in [3.63, 3.8) is 0 Å². The summed E-state index contributed by atoms with van der Waals surface area (Å²) in [5.74, 6) is -0.205. The minimum absolute atomic E-state index is 0. The molecular formula is C17H23ClN6O2. The van der Waals surface area contributed by atoms with E-state index in [2.05, 4.69) is 15.4 Å². The molecule has 0 aliphatic carbocycles. The van der Waals surface area contributed by atoms with Gasteiger partial charge in [0.15, 0.2) is 0 Å². The molecule has 0 unspecified atom stereocenters. The lowest BCUT2D eigenvalue weighted by Gasteiger charge is -2.19. The highest BCUT2D eigenvalue weighted by atomic mass is 35.5. The molecule has 0 atom stereocenters. The number of nitrogen functional groups attached to an aromatic ring is 1. The average molecular weight is 379 g/mol. The Balaban J connectivity index is 0.00000243. The quantitative estimate of drug-likeness (QED) is 0.791. The van der Waals surface area contributed by atoms with E-state index >= 15 is 0 Å². The van der Waals surface area contributed by atoms with Crippen LogP contribution >= 0.6 is 12.4 Å². The Morgan fingerprint density at radius 3 is 2.50 bits per heavy atom. The van der Waals surface area contributed by atoms with E-state index in [9.17, 15) is 9.59 Å². The Labute approximate surface area is 158 Å². The number of likely N-dealkylation sites (tertiary alicyclic amines) is 1. The van der Waals surface area contributed by atoms with Crippen molar-refractivity contribution in [3.05, 3.63) is 36.2 Å². The van der Waals surface area contributed by atoms with Crippen molar-refractivity contribution in [2.75, 3.05) is 24.1 Å². The summed E-state index contributed by atoms with van der Waals surface area (Å²) in [7, 11) is 0. The van der Waals surface area contributed by atoms with Gasteiger partial charge in [0.05, 0.1) is 5.56 Å². The molecule has 2 heterocycles. The van der Waals surface area contributed by atoms with Gasteiger partial charge in [0.2, 0.25) is 11.9 Å². The monoisotopic (exact) mass is 378 g/mol. The molecule has 3 rings (SSSR count). The molecule has 140 valence electrons. The summed E-state index contributed by atoms with van der Waals surface area (Å²) in [6.45, 7) is 1.71. The highest BCUT2D eigenvalue weighted by molar-refractivity contribution is 6.06. The first-order chi connectivity index (χ1) is 12.1. The maximum absolute atomic E-state index is 12.4. The fourth-order valence-electron chi connectivity index (χ4n) is 2.86. The number of carbonyl (C=O) groups is 2. The predicted molar refractivity (Wildman–Crippen MR) is 101 cm³/mol. The number of hydrogen-bond donors (Lipinski definition) is 2. The van der Waals surface area contributed by atoms with Gasteiger partial charge in [0, 0.05) is 18.8 Å². The number of halogens is 1. The van der Waals surface area contributed by atoms with Crippen LogP contribution in [0.25, 0.3) is 0 Å². The smallest absolute Gasteiger partial charge is 0.260 e. The van der Waals surface area contributed by atoms with Crippen LogP contribution in [0.5, 0.6) is 0 Å². The van der Waals surface area contributed by atoms with Crippen molar-refractivity contribution in [1.82, 2.24) is 19.7 Å². The molecule has 9 heteroatoms. The normalized spacial score (nSPS) is 14.2. The van der Waals surface area contributed by atoms with Crippen molar-refractivity contribution in [2.45, 2.75) is 32.2 Å². The van der Waals surface area contributed by atoms with Gasteiger partial charge in [-0.05, 0) is 25.0 Å². The van der Waals surface area contributed by atoms with Gasteiger partial charge in [-0.15, -0.1) is 17.5 Å². The third kappa shape index (κ3) is 4.95. The van der Waals surface area contributed by atoms with Gasteiger partial charge in [-0.1, -0.05) is 25.0 Å². The summed E-state index contributed by atoms with van der Waals surface area (Å²) in [5, 5.41) is 6.74. The summed E-state index contributed by atoms with van der Waals surface area (Å²) in [4.78, 5) is 30.5. The van der Waals surface area contributed by atoms with Gasteiger partial charge in [-0.2, -0.15) is 0 Å². The molecule has 3 N–H and O–H groups in total. The molecule has 1 aromatic carbocycles. The number of anilines is 2. The molecule has 1 fully saturated rings. The molecule has 0 spiro atoms. The number of benzene rings is 1. The predicted octanol–water partition coefficient (Wildman–Crippen LogP) is 1.94. The molecular weight excluding hydrogens is 356 g/mol. The zero-order valence-electron chi connectivity index (χ0n) is 14.4. The zero-order valence-corrected chi connectivity index (χ0v) is 15.2. The number of rotatable bonds is 4. The van der Waals surface area contributed by atoms with Gasteiger partial charge < -0.3 is 10.6 Å². The highest BCUT2D eigenvalue weighted by Crippen LogP contribution is 2.13.